The minimum Gasteiger partial charge on any atom is -0.467 e. The zero-order chi connectivity index (χ0) is 21.8. The summed E-state index contributed by atoms with van der Waals surface area (Å²) in [5.74, 6) is -1.34. The highest BCUT2D eigenvalue weighted by Gasteiger charge is 2.19. The van der Waals surface area contributed by atoms with Gasteiger partial charge in [0.15, 0.2) is 21.1 Å². The summed E-state index contributed by atoms with van der Waals surface area (Å²) in [6.45, 7) is 2.24. The highest BCUT2D eigenvalue weighted by atomic mass is 32.2. The molecule has 0 aliphatic rings. The van der Waals surface area contributed by atoms with Gasteiger partial charge in [0.2, 0.25) is 11.0 Å². The number of nitrogens with zero attached hydrogens (tertiary/aromatic N) is 3. The van der Waals surface area contributed by atoms with Crippen molar-refractivity contribution in [1.29, 1.82) is 0 Å². The monoisotopic (exact) mass is 479 g/mol. The molecule has 0 aliphatic carbocycles. The third-order valence-electron chi connectivity index (χ3n) is 4.00. The van der Waals surface area contributed by atoms with E-state index in [1.54, 1.807) is 18.6 Å². The average Bonchev–Trinajstić information content (AvgIpc) is 3.50. The number of amides is 1. The maximum absolute atomic E-state index is 13.4. The summed E-state index contributed by atoms with van der Waals surface area (Å²) in [5.41, 5.74) is 0.886. The van der Waals surface area contributed by atoms with Crippen molar-refractivity contribution in [3.05, 3.63) is 59.4 Å². The largest absolute Gasteiger partial charge is 0.467 e. The van der Waals surface area contributed by atoms with E-state index in [2.05, 4.69) is 25.8 Å². The first-order valence-corrected chi connectivity index (χ1v) is 11.5. The van der Waals surface area contributed by atoms with Gasteiger partial charge in [0.05, 0.1) is 23.8 Å². The molecule has 0 aliphatic heterocycles. The van der Waals surface area contributed by atoms with Crippen LogP contribution in [-0.2, 0) is 11.3 Å². The Morgan fingerprint density at radius 1 is 1.23 bits per heavy atom. The molecule has 2 N–H and O–H groups in total. The van der Waals surface area contributed by atoms with Gasteiger partial charge in [-0.05, 0) is 37.3 Å². The molecule has 7 nitrogen and oxygen atoms in total. The van der Waals surface area contributed by atoms with Gasteiger partial charge in [-0.1, -0.05) is 23.1 Å². The first-order chi connectivity index (χ1) is 15.0. The van der Waals surface area contributed by atoms with E-state index >= 15 is 0 Å². The second-order valence-electron chi connectivity index (χ2n) is 6.22. The van der Waals surface area contributed by atoms with Crippen molar-refractivity contribution in [2.45, 2.75) is 23.1 Å². The quantitative estimate of drug-likeness (QED) is 0.333. The second kappa shape index (κ2) is 9.54. The number of thiazole rings is 1. The van der Waals surface area contributed by atoms with E-state index in [1.165, 1.54) is 40.5 Å². The van der Waals surface area contributed by atoms with Crippen molar-refractivity contribution in [2.24, 2.45) is 0 Å². The Morgan fingerprint density at radius 3 is 2.87 bits per heavy atom. The molecule has 3 aromatic heterocycles. The van der Waals surface area contributed by atoms with Crippen LogP contribution in [-0.4, -0.2) is 26.3 Å². The molecule has 4 aromatic rings. The van der Waals surface area contributed by atoms with E-state index < -0.39 is 16.9 Å². The number of furan rings is 1. The van der Waals surface area contributed by atoms with Crippen LogP contribution >= 0.6 is 34.4 Å². The summed E-state index contributed by atoms with van der Waals surface area (Å²) in [4.78, 5) is 16.8. The number of anilines is 2. The Bertz CT molecular complexity index is 1180. The number of hydrogen-bond acceptors (Lipinski definition) is 9. The molecule has 0 radical (unpaired) electrons. The normalized spacial score (nSPS) is 12.0. The minimum atomic E-state index is -0.948. The predicted octanol–water partition coefficient (Wildman–Crippen LogP) is 5.26. The molecule has 0 spiro atoms. The Kier molecular flexibility index (Phi) is 6.59. The first-order valence-electron chi connectivity index (χ1n) is 8.96. The Morgan fingerprint density at radius 2 is 2.10 bits per heavy atom. The number of carbonyl (C=O) groups is 1. The van der Waals surface area contributed by atoms with E-state index in [0.29, 0.717) is 32.4 Å². The van der Waals surface area contributed by atoms with Crippen molar-refractivity contribution in [1.82, 2.24) is 15.2 Å². The van der Waals surface area contributed by atoms with Gasteiger partial charge in [0.25, 0.3) is 0 Å². The van der Waals surface area contributed by atoms with Crippen LogP contribution in [0.3, 0.4) is 0 Å². The Labute approximate surface area is 187 Å². The van der Waals surface area contributed by atoms with Crippen LogP contribution in [0.5, 0.6) is 0 Å². The molecule has 0 saturated carbocycles. The molecule has 160 valence electrons. The molecule has 12 heteroatoms. The summed E-state index contributed by atoms with van der Waals surface area (Å²) in [5, 5.41) is 16.2. The highest BCUT2D eigenvalue weighted by Crippen LogP contribution is 2.31. The standard InChI is InChI=1S/C19H15F2N5O2S3/c1-10(30-19-26-25-17(31-19)22-8-12-3-2-6-28-12)16(27)24-18-23-15(9-29-18)11-4-5-13(20)14(21)7-11/h2-7,9-10H,8H2,1H3,(H,22,25)(H,23,24,27)/t10-/m1/s1. The van der Waals surface area contributed by atoms with Crippen molar-refractivity contribution < 1.29 is 18.0 Å². The zero-order valence-electron chi connectivity index (χ0n) is 16.0. The fraction of sp³-hybridized carbons (Fsp3) is 0.158. The van der Waals surface area contributed by atoms with Crippen molar-refractivity contribution in [2.75, 3.05) is 10.6 Å². The van der Waals surface area contributed by atoms with Gasteiger partial charge in [-0.25, -0.2) is 13.8 Å². The van der Waals surface area contributed by atoms with Gasteiger partial charge < -0.3 is 15.1 Å². The first kappa shape index (κ1) is 21.4. The number of hydrogen-bond donors (Lipinski definition) is 2. The average molecular weight is 480 g/mol. The lowest BCUT2D eigenvalue weighted by Crippen LogP contribution is -2.22. The molecule has 0 fully saturated rings. The van der Waals surface area contributed by atoms with Gasteiger partial charge >= 0.3 is 0 Å². The van der Waals surface area contributed by atoms with Crippen molar-refractivity contribution in [3.8, 4) is 11.3 Å². The molecule has 1 amide bonds. The third kappa shape index (κ3) is 5.46. The molecule has 0 saturated heterocycles. The smallest absolute Gasteiger partial charge is 0.239 e. The number of thioether (sulfide) groups is 1. The van der Waals surface area contributed by atoms with Gasteiger partial charge in [-0.15, -0.1) is 21.5 Å². The SMILES string of the molecule is C[C@@H](Sc1nnc(NCc2ccco2)s1)C(=O)Nc1nc(-c2ccc(F)c(F)c2)cs1. The second-order valence-corrected chi connectivity index (χ2v) is 9.65. The van der Waals surface area contributed by atoms with Crippen molar-refractivity contribution in [3.63, 3.8) is 0 Å². The molecule has 0 unspecified atom stereocenters. The summed E-state index contributed by atoms with van der Waals surface area (Å²) >= 11 is 3.82. The van der Waals surface area contributed by atoms with Crippen LogP contribution in [0.15, 0.2) is 50.7 Å². The number of halogens is 2. The molecule has 31 heavy (non-hydrogen) atoms. The van der Waals surface area contributed by atoms with Crippen LogP contribution < -0.4 is 10.6 Å². The lowest BCUT2D eigenvalue weighted by molar-refractivity contribution is -0.115. The van der Waals surface area contributed by atoms with Gasteiger partial charge in [0, 0.05) is 10.9 Å². The van der Waals surface area contributed by atoms with Crippen molar-refractivity contribution >= 4 is 50.6 Å². The van der Waals surface area contributed by atoms with E-state index in [0.717, 1.165) is 17.9 Å². The summed E-state index contributed by atoms with van der Waals surface area (Å²) in [7, 11) is 0. The molecule has 4 rings (SSSR count). The van der Waals surface area contributed by atoms with E-state index in [-0.39, 0.29) is 5.91 Å². The summed E-state index contributed by atoms with van der Waals surface area (Å²) < 4.78 is 32.4. The van der Waals surface area contributed by atoms with Crippen LogP contribution in [0.4, 0.5) is 19.0 Å². The van der Waals surface area contributed by atoms with Gasteiger partial charge in [-0.3, -0.25) is 4.79 Å². The predicted molar refractivity (Wildman–Crippen MR) is 117 cm³/mol. The van der Waals surface area contributed by atoms with E-state index in [9.17, 15) is 13.6 Å². The number of aromatic nitrogens is 3. The molecule has 0 bridgehead atoms. The summed E-state index contributed by atoms with van der Waals surface area (Å²) in [6.07, 6.45) is 1.60. The molecule has 1 aromatic carbocycles. The number of rotatable bonds is 8. The third-order valence-corrected chi connectivity index (χ3v) is 6.82. The molecule has 1 atom stereocenters. The Hall–Kier alpha value is -2.83. The van der Waals surface area contributed by atoms with Gasteiger partial charge in [-0.2, -0.15) is 0 Å². The summed E-state index contributed by atoms with van der Waals surface area (Å²) in [6, 6.07) is 7.21. The highest BCUT2D eigenvalue weighted by molar-refractivity contribution is 8.02. The number of carbonyl (C=O) groups excluding carboxylic acids is 1. The van der Waals surface area contributed by atoms with Crippen LogP contribution in [0.2, 0.25) is 0 Å². The maximum atomic E-state index is 13.4. The fourth-order valence-electron chi connectivity index (χ4n) is 2.44. The Balaban J connectivity index is 1.32. The zero-order valence-corrected chi connectivity index (χ0v) is 18.4. The van der Waals surface area contributed by atoms with E-state index in [1.807, 2.05) is 12.1 Å². The lowest BCUT2D eigenvalue weighted by Gasteiger charge is -2.07. The lowest BCUT2D eigenvalue weighted by atomic mass is 10.2. The van der Waals surface area contributed by atoms with Crippen LogP contribution in [0.1, 0.15) is 12.7 Å². The van der Waals surface area contributed by atoms with Gasteiger partial charge in [0.1, 0.15) is 5.76 Å². The topological polar surface area (TPSA) is 92.9 Å². The molecular formula is C19H15F2N5O2S3. The number of benzene rings is 1. The fourth-order valence-corrected chi connectivity index (χ4v) is 5.05. The number of nitrogens with one attached hydrogen (secondary N) is 2. The van der Waals surface area contributed by atoms with Crippen LogP contribution in [0, 0.1) is 11.6 Å². The van der Waals surface area contributed by atoms with Crippen LogP contribution in [0.25, 0.3) is 11.3 Å². The minimum absolute atomic E-state index is 0.253. The molecular weight excluding hydrogens is 464 g/mol. The molecule has 3 heterocycles. The maximum Gasteiger partial charge on any atom is 0.239 e. The van der Waals surface area contributed by atoms with E-state index in [4.69, 9.17) is 4.42 Å².